The van der Waals surface area contributed by atoms with Gasteiger partial charge < -0.3 is 5.32 Å². The van der Waals surface area contributed by atoms with Crippen LogP contribution in [0, 0.1) is 15.9 Å². The number of anilines is 1. The summed E-state index contributed by atoms with van der Waals surface area (Å²) in [5.41, 5.74) is 1.26. The van der Waals surface area contributed by atoms with Crippen molar-refractivity contribution in [1.82, 2.24) is 0 Å². The van der Waals surface area contributed by atoms with Crippen molar-refractivity contribution in [2.45, 2.75) is 6.54 Å². The van der Waals surface area contributed by atoms with Crippen LogP contribution in [-0.2, 0) is 6.54 Å². The fourth-order valence-electron chi connectivity index (χ4n) is 1.56. The minimum absolute atomic E-state index is 0.0281. The van der Waals surface area contributed by atoms with Crippen LogP contribution in [0.3, 0.4) is 0 Å². The molecule has 6 heteroatoms. The summed E-state index contributed by atoms with van der Waals surface area (Å²) in [7, 11) is 0. The molecule has 0 aliphatic rings. The molecule has 0 saturated heterocycles. The first-order valence-corrected chi connectivity index (χ1v) is 6.28. The SMILES string of the molecule is O=[N+]([O-])c1ccc(NCc2ccc(Br)cc2F)cc1. The van der Waals surface area contributed by atoms with Crippen LogP contribution in [0.1, 0.15) is 5.56 Å². The van der Waals surface area contributed by atoms with Crippen LogP contribution >= 0.6 is 15.9 Å². The Bertz CT molecular complexity index is 602. The van der Waals surface area contributed by atoms with Gasteiger partial charge in [0.2, 0.25) is 0 Å². The van der Waals surface area contributed by atoms with Crippen LogP contribution in [0.25, 0.3) is 0 Å². The minimum Gasteiger partial charge on any atom is -0.381 e. The highest BCUT2D eigenvalue weighted by atomic mass is 79.9. The summed E-state index contributed by atoms with van der Waals surface area (Å²) in [6.45, 7) is 0.316. The number of non-ortho nitro benzene ring substituents is 1. The van der Waals surface area contributed by atoms with Crippen molar-refractivity contribution in [1.29, 1.82) is 0 Å². The third-order valence-corrected chi connectivity index (χ3v) is 3.07. The molecule has 98 valence electrons. The van der Waals surface area contributed by atoms with Crippen LogP contribution in [0.2, 0.25) is 0 Å². The van der Waals surface area contributed by atoms with Crippen molar-refractivity contribution in [3.05, 3.63) is 68.4 Å². The number of hydrogen-bond donors (Lipinski definition) is 1. The molecule has 0 fully saturated rings. The van der Waals surface area contributed by atoms with E-state index in [0.29, 0.717) is 22.3 Å². The maximum Gasteiger partial charge on any atom is 0.269 e. The molecule has 0 amide bonds. The lowest BCUT2D eigenvalue weighted by Crippen LogP contribution is -2.01. The second-order valence-corrected chi connectivity index (χ2v) is 4.81. The van der Waals surface area contributed by atoms with E-state index in [-0.39, 0.29) is 11.5 Å². The number of nitro benzene ring substituents is 1. The minimum atomic E-state index is -0.460. The molecule has 0 radical (unpaired) electrons. The van der Waals surface area contributed by atoms with Gasteiger partial charge in [-0.05, 0) is 24.3 Å². The Morgan fingerprint density at radius 2 is 1.89 bits per heavy atom. The molecule has 0 heterocycles. The highest BCUT2D eigenvalue weighted by molar-refractivity contribution is 9.10. The highest BCUT2D eigenvalue weighted by Gasteiger charge is 2.05. The van der Waals surface area contributed by atoms with Crippen LogP contribution in [0.15, 0.2) is 46.9 Å². The van der Waals surface area contributed by atoms with Gasteiger partial charge in [0.25, 0.3) is 5.69 Å². The summed E-state index contributed by atoms with van der Waals surface area (Å²) in [6, 6.07) is 10.8. The zero-order valence-corrected chi connectivity index (χ0v) is 11.4. The van der Waals surface area contributed by atoms with E-state index in [1.807, 2.05) is 0 Å². The molecule has 0 saturated carbocycles. The summed E-state index contributed by atoms with van der Waals surface area (Å²) in [6.07, 6.45) is 0. The largest absolute Gasteiger partial charge is 0.381 e. The monoisotopic (exact) mass is 324 g/mol. The number of rotatable bonds is 4. The van der Waals surface area contributed by atoms with E-state index in [9.17, 15) is 14.5 Å². The molecule has 0 atom stereocenters. The number of benzene rings is 2. The smallest absolute Gasteiger partial charge is 0.269 e. The maximum atomic E-state index is 13.6. The van der Waals surface area contributed by atoms with E-state index in [2.05, 4.69) is 21.2 Å². The van der Waals surface area contributed by atoms with E-state index in [0.717, 1.165) is 0 Å². The van der Waals surface area contributed by atoms with E-state index in [1.165, 1.54) is 18.2 Å². The van der Waals surface area contributed by atoms with E-state index < -0.39 is 4.92 Å². The number of hydrogen-bond acceptors (Lipinski definition) is 3. The third kappa shape index (κ3) is 3.51. The Balaban J connectivity index is 2.04. The van der Waals surface area contributed by atoms with Gasteiger partial charge in [0.05, 0.1) is 4.92 Å². The van der Waals surface area contributed by atoms with Crippen molar-refractivity contribution in [3.8, 4) is 0 Å². The topological polar surface area (TPSA) is 55.2 Å². The van der Waals surface area contributed by atoms with Crippen LogP contribution in [0.5, 0.6) is 0 Å². The maximum absolute atomic E-state index is 13.6. The van der Waals surface area contributed by atoms with Crippen molar-refractivity contribution in [2.75, 3.05) is 5.32 Å². The van der Waals surface area contributed by atoms with Crippen molar-refractivity contribution in [3.63, 3.8) is 0 Å². The molecule has 2 rings (SSSR count). The van der Waals surface area contributed by atoms with E-state index in [1.54, 1.807) is 24.3 Å². The van der Waals surface area contributed by atoms with Gasteiger partial charge in [-0.2, -0.15) is 0 Å². The number of nitrogens with one attached hydrogen (secondary N) is 1. The van der Waals surface area contributed by atoms with Gasteiger partial charge in [-0.25, -0.2) is 4.39 Å². The molecule has 0 aliphatic heterocycles. The van der Waals surface area contributed by atoms with Gasteiger partial charge >= 0.3 is 0 Å². The lowest BCUT2D eigenvalue weighted by molar-refractivity contribution is -0.384. The zero-order chi connectivity index (χ0) is 13.8. The first kappa shape index (κ1) is 13.5. The van der Waals surface area contributed by atoms with E-state index in [4.69, 9.17) is 0 Å². The standard InChI is InChI=1S/C13H10BrFN2O2/c14-10-2-1-9(13(15)7-10)8-16-11-3-5-12(6-4-11)17(18)19/h1-7,16H,8H2. The first-order valence-electron chi connectivity index (χ1n) is 5.48. The van der Waals surface area contributed by atoms with Gasteiger partial charge in [-0.1, -0.05) is 22.0 Å². The fourth-order valence-corrected chi connectivity index (χ4v) is 1.90. The Labute approximate surface area is 117 Å². The summed E-state index contributed by atoms with van der Waals surface area (Å²) < 4.78 is 14.2. The molecule has 2 aromatic carbocycles. The molecule has 1 N–H and O–H groups in total. The van der Waals surface area contributed by atoms with E-state index >= 15 is 0 Å². The molecule has 0 spiro atoms. The molecule has 4 nitrogen and oxygen atoms in total. The molecular weight excluding hydrogens is 315 g/mol. The first-order chi connectivity index (χ1) is 9.06. The lowest BCUT2D eigenvalue weighted by Gasteiger charge is -2.07. The molecular formula is C13H10BrFN2O2. The van der Waals surface area contributed by atoms with Gasteiger partial charge in [-0.15, -0.1) is 0 Å². The number of halogens is 2. The lowest BCUT2D eigenvalue weighted by atomic mass is 10.2. The van der Waals surface area contributed by atoms with Crippen LogP contribution < -0.4 is 5.32 Å². The van der Waals surface area contributed by atoms with Crippen LogP contribution in [-0.4, -0.2) is 4.92 Å². The predicted octanol–water partition coefficient (Wildman–Crippen LogP) is 4.11. The molecule has 0 aromatic heterocycles. The molecule has 0 unspecified atom stereocenters. The van der Waals surface area contributed by atoms with Gasteiger partial charge in [0, 0.05) is 34.4 Å². The van der Waals surface area contributed by atoms with Crippen LogP contribution in [0.4, 0.5) is 15.8 Å². The number of nitro groups is 1. The Hall–Kier alpha value is -1.95. The van der Waals surface area contributed by atoms with Crippen molar-refractivity contribution in [2.24, 2.45) is 0 Å². The van der Waals surface area contributed by atoms with Crippen molar-refractivity contribution < 1.29 is 9.31 Å². The van der Waals surface area contributed by atoms with Gasteiger partial charge in [0.1, 0.15) is 5.82 Å². The number of nitrogens with zero attached hydrogens (tertiary/aromatic N) is 1. The highest BCUT2D eigenvalue weighted by Crippen LogP contribution is 2.18. The quantitative estimate of drug-likeness (QED) is 0.680. The van der Waals surface area contributed by atoms with Crippen molar-refractivity contribution >= 4 is 27.3 Å². The zero-order valence-electron chi connectivity index (χ0n) is 9.77. The predicted molar refractivity (Wildman–Crippen MR) is 74.5 cm³/mol. The second-order valence-electron chi connectivity index (χ2n) is 3.89. The Morgan fingerprint density at radius 1 is 1.21 bits per heavy atom. The van der Waals surface area contributed by atoms with Gasteiger partial charge in [-0.3, -0.25) is 10.1 Å². The molecule has 2 aromatic rings. The summed E-state index contributed by atoms with van der Waals surface area (Å²) >= 11 is 3.19. The normalized spacial score (nSPS) is 10.2. The average molecular weight is 325 g/mol. The Kier molecular flexibility index (Phi) is 4.11. The molecule has 0 bridgehead atoms. The summed E-state index contributed by atoms with van der Waals surface area (Å²) in [5.74, 6) is -0.302. The summed E-state index contributed by atoms with van der Waals surface area (Å²) in [4.78, 5) is 10.0. The summed E-state index contributed by atoms with van der Waals surface area (Å²) in [5, 5.41) is 13.5. The van der Waals surface area contributed by atoms with Gasteiger partial charge in [0.15, 0.2) is 0 Å². The second kappa shape index (κ2) is 5.79. The molecule has 0 aliphatic carbocycles. The fraction of sp³-hybridized carbons (Fsp3) is 0.0769. The average Bonchev–Trinajstić information content (AvgIpc) is 2.38. The third-order valence-electron chi connectivity index (χ3n) is 2.58. The Morgan fingerprint density at radius 3 is 2.47 bits per heavy atom. The molecule has 19 heavy (non-hydrogen) atoms.